The van der Waals surface area contributed by atoms with E-state index in [1.807, 2.05) is 6.92 Å². The predicted molar refractivity (Wildman–Crippen MR) is 78.4 cm³/mol. The normalized spacial score (nSPS) is 16.6. The summed E-state index contributed by atoms with van der Waals surface area (Å²) in [6.45, 7) is 2.53. The van der Waals surface area contributed by atoms with Crippen LogP contribution in [-0.4, -0.2) is 31.6 Å². The number of amides is 1. The quantitative estimate of drug-likeness (QED) is 0.844. The summed E-state index contributed by atoms with van der Waals surface area (Å²) in [7, 11) is 0. The minimum absolute atomic E-state index is 0.252. The Hall–Kier alpha value is -1.75. The van der Waals surface area contributed by atoms with Gasteiger partial charge in [-0.15, -0.1) is 0 Å². The Labute approximate surface area is 128 Å². The Morgan fingerprint density at radius 3 is 3.05 bits per heavy atom. The Kier molecular flexibility index (Phi) is 5.44. The van der Waals surface area contributed by atoms with Crippen LogP contribution in [0.25, 0.3) is 0 Å². The fraction of sp³-hybridized carbons (Fsp3) is 0.467. The fourth-order valence-corrected chi connectivity index (χ4v) is 2.28. The molecule has 0 bridgehead atoms. The zero-order valence-corrected chi connectivity index (χ0v) is 12.6. The van der Waals surface area contributed by atoms with Gasteiger partial charge in [-0.3, -0.25) is 9.59 Å². The van der Waals surface area contributed by atoms with Gasteiger partial charge in [0.15, 0.2) is 6.61 Å². The highest BCUT2D eigenvalue weighted by Gasteiger charge is 2.27. The lowest BCUT2D eigenvalue weighted by atomic mass is 9.97. The molecule has 114 valence electrons. The molecular weight excluding hydrogens is 294 g/mol. The highest BCUT2D eigenvalue weighted by molar-refractivity contribution is 6.30. The van der Waals surface area contributed by atoms with Crippen molar-refractivity contribution < 1.29 is 19.1 Å². The number of benzene rings is 1. The van der Waals surface area contributed by atoms with Crippen LogP contribution in [0.4, 0.5) is 0 Å². The maximum Gasteiger partial charge on any atom is 0.313 e. The summed E-state index contributed by atoms with van der Waals surface area (Å²) < 4.78 is 10.5. The molecule has 1 amide bonds. The Morgan fingerprint density at radius 2 is 2.29 bits per heavy atom. The van der Waals surface area contributed by atoms with Crippen LogP contribution < -0.4 is 10.1 Å². The van der Waals surface area contributed by atoms with Crippen molar-refractivity contribution in [1.82, 2.24) is 5.32 Å². The third-order valence-corrected chi connectivity index (χ3v) is 3.41. The van der Waals surface area contributed by atoms with Gasteiger partial charge in [-0.2, -0.15) is 0 Å². The molecule has 1 aliphatic heterocycles. The van der Waals surface area contributed by atoms with Gasteiger partial charge in [-0.25, -0.2) is 0 Å². The van der Waals surface area contributed by atoms with Gasteiger partial charge < -0.3 is 14.8 Å². The average Bonchev–Trinajstić information content (AvgIpc) is 2.49. The molecule has 6 heteroatoms. The minimum Gasteiger partial charge on any atom is -0.492 e. The van der Waals surface area contributed by atoms with Gasteiger partial charge >= 0.3 is 5.97 Å². The number of ether oxygens (including phenoxy) is 2. The van der Waals surface area contributed by atoms with E-state index in [9.17, 15) is 9.59 Å². The summed E-state index contributed by atoms with van der Waals surface area (Å²) in [4.78, 5) is 23.4. The van der Waals surface area contributed by atoms with Gasteiger partial charge in [-0.05, 0) is 36.6 Å². The number of fused-ring (bicyclic) bond motifs is 1. The second-order valence-corrected chi connectivity index (χ2v) is 5.36. The first-order valence-electron chi connectivity index (χ1n) is 6.94. The molecule has 0 fully saturated rings. The van der Waals surface area contributed by atoms with Crippen molar-refractivity contribution in [2.24, 2.45) is 5.92 Å². The monoisotopic (exact) mass is 311 g/mol. The number of esters is 1. The second kappa shape index (κ2) is 7.31. The van der Waals surface area contributed by atoms with Crippen molar-refractivity contribution in [1.29, 1.82) is 0 Å². The fourth-order valence-electron chi connectivity index (χ4n) is 2.08. The Bertz CT molecular complexity index is 532. The molecule has 21 heavy (non-hydrogen) atoms. The van der Waals surface area contributed by atoms with Gasteiger partial charge in [-0.1, -0.05) is 18.5 Å². The van der Waals surface area contributed by atoms with Gasteiger partial charge in [0, 0.05) is 11.6 Å². The first-order valence-corrected chi connectivity index (χ1v) is 7.32. The molecule has 1 N–H and O–H groups in total. The van der Waals surface area contributed by atoms with Crippen molar-refractivity contribution in [3.63, 3.8) is 0 Å². The van der Waals surface area contributed by atoms with E-state index in [0.29, 0.717) is 18.0 Å². The largest absolute Gasteiger partial charge is 0.492 e. The van der Waals surface area contributed by atoms with Crippen LogP contribution in [0, 0.1) is 5.92 Å². The number of carbonyl (C=O) groups excluding carboxylic acids is 2. The van der Waals surface area contributed by atoms with Crippen LogP contribution >= 0.6 is 11.6 Å². The highest BCUT2D eigenvalue weighted by Crippen LogP contribution is 2.30. The molecule has 0 radical (unpaired) electrons. The Balaban J connectivity index is 1.86. The molecule has 0 aliphatic carbocycles. The molecule has 0 saturated carbocycles. The van der Waals surface area contributed by atoms with Crippen molar-refractivity contribution in [2.75, 3.05) is 19.8 Å². The third-order valence-electron chi connectivity index (χ3n) is 3.18. The van der Waals surface area contributed by atoms with E-state index < -0.39 is 11.9 Å². The lowest BCUT2D eigenvalue weighted by Gasteiger charge is -2.24. The molecule has 1 atom stereocenters. The van der Waals surface area contributed by atoms with Gasteiger partial charge in [0.25, 0.3) is 5.91 Å². The summed E-state index contributed by atoms with van der Waals surface area (Å²) in [5.74, 6) is -0.378. The zero-order valence-electron chi connectivity index (χ0n) is 11.9. The third kappa shape index (κ3) is 4.36. The number of hydrogen-bond donors (Lipinski definition) is 1. The van der Waals surface area contributed by atoms with Crippen LogP contribution in [0.2, 0.25) is 5.02 Å². The molecule has 0 saturated heterocycles. The molecule has 2 rings (SSSR count). The standard InChI is InChI=1S/C15H18ClNO4/c1-2-5-17-14(18)9-21-15(19)11-6-10-7-12(16)3-4-13(10)20-8-11/h3-4,7,11H,2,5-6,8-9H2,1H3,(H,17,18)/t11-/m1/s1. The minimum atomic E-state index is -0.424. The van der Waals surface area contributed by atoms with Crippen LogP contribution in [0.1, 0.15) is 18.9 Å². The maximum absolute atomic E-state index is 12.0. The van der Waals surface area contributed by atoms with Crippen LogP contribution in [-0.2, 0) is 20.7 Å². The number of carbonyl (C=O) groups is 2. The van der Waals surface area contributed by atoms with Gasteiger partial charge in [0.1, 0.15) is 12.4 Å². The summed E-state index contributed by atoms with van der Waals surface area (Å²) in [6, 6.07) is 5.32. The van der Waals surface area contributed by atoms with E-state index in [1.54, 1.807) is 18.2 Å². The van der Waals surface area contributed by atoms with E-state index in [4.69, 9.17) is 21.1 Å². The molecule has 1 aromatic rings. The second-order valence-electron chi connectivity index (χ2n) is 4.92. The van der Waals surface area contributed by atoms with Crippen molar-refractivity contribution >= 4 is 23.5 Å². The SMILES string of the molecule is CCCNC(=O)COC(=O)[C@H]1COc2ccc(Cl)cc2C1. The highest BCUT2D eigenvalue weighted by atomic mass is 35.5. The molecular formula is C15H18ClNO4. The smallest absolute Gasteiger partial charge is 0.313 e. The number of rotatable bonds is 5. The van der Waals surface area contributed by atoms with Crippen molar-refractivity contribution in [2.45, 2.75) is 19.8 Å². The number of hydrogen-bond acceptors (Lipinski definition) is 4. The molecule has 1 heterocycles. The molecule has 0 spiro atoms. The lowest BCUT2D eigenvalue weighted by molar-refractivity contribution is -0.153. The van der Waals surface area contributed by atoms with Crippen molar-refractivity contribution in [3.05, 3.63) is 28.8 Å². The Morgan fingerprint density at radius 1 is 1.48 bits per heavy atom. The van der Waals surface area contributed by atoms with E-state index in [-0.39, 0.29) is 19.1 Å². The number of nitrogens with one attached hydrogen (secondary N) is 1. The van der Waals surface area contributed by atoms with E-state index in [0.717, 1.165) is 17.7 Å². The van der Waals surface area contributed by atoms with Crippen molar-refractivity contribution in [3.8, 4) is 5.75 Å². The molecule has 0 unspecified atom stereocenters. The molecule has 1 aromatic carbocycles. The predicted octanol–water partition coefficient (Wildman–Crippen LogP) is 1.96. The van der Waals surface area contributed by atoms with E-state index in [1.165, 1.54) is 0 Å². The van der Waals surface area contributed by atoms with Crippen LogP contribution in [0.15, 0.2) is 18.2 Å². The first-order chi connectivity index (χ1) is 10.1. The summed E-state index contributed by atoms with van der Waals surface area (Å²) in [5, 5.41) is 3.25. The maximum atomic E-state index is 12.0. The van der Waals surface area contributed by atoms with E-state index in [2.05, 4.69) is 5.32 Å². The molecule has 0 aromatic heterocycles. The zero-order chi connectivity index (χ0) is 15.2. The average molecular weight is 312 g/mol. The molecule has 5 nitrogen and oxygen atoms in total. The van der Waals surface area contributed by atoms with Gasteiger partial charge in [0.2, 0.25) is 0 Å². The van der Waals surface area contributed by atoms with Crippen LogP contribution in [0.5, 0.6) is 5.75 Å². The number of halogens is 1. The summed E-state index contributed by atoms with van der Waals surface area (Å²) in [6.07, 6.45) is 1.35. The molecule has 1 aliphatic rings. The van der Waals surface area contributed by atoms with Gasteiger partial charge in [0.05, 0.1) is 5.92 Å². The topological polar surface area (TPSA) is 64.6 Å². The first kappa shape index (κ1) is 15.6. The van der Waals surface area contributed by atoms with E-state index >= 15 is 0 Å². The summed E-state index contributed by atoms with van der Waals surface area (Å²) >= 11 is 5.93. The van der Waals surface area contributed by atoms with Crippen LogP contribution in [0.3, 0.4) is 0 Å². The summed E-state index contributed by atoms with van der Waals surface area (Å²) in [5.41, 5.74) is 0.881. The lowest BCUT2D eigenvalue weighted by Crippen LogP contribution is -2.34.